The molecule has 1 amide bonds. The maximum Gasteiger partial charge on any atom is 0.287 e. The first-order valence-corrected chi connectivity index (χ1v) is 8.56. The van der Waals surface area contributed by atoms with Crippen LogP contribution in [0.4, 0.5) is 0 Å². The normalized spacial score (nSPS) is 12.3. The quantitative estimate of drug-likeness (QED) is 0.733. The number of hydrogen-bond acceptors (Lipinski definition) is 4. The minimum Gasteiger partial charge on any atom is -0.497 e. The fraction of sp³-hybridized carbons (Fsp3) is 0.286. The topological polar surface area (TPSA) is 54.7 Å². The molecule has 26 heavy (non-hydrogen) atoms. The van der Waals surface area contributed by atoms with Gasteiger partial charge in [0.15, 0.2) is 5.76 Å². The second-order valence-corrected chi connectivity index (χ2v) is 6.61. The molecule has 5 heteroatoms. The molecule has 1 N–H and O–H groups in total. The molecule has 5 nitrogen and oxygen atoms in total. The number of carbonyl (C=O) groups is 1. The number of benzene rings is 2. The summed E-state index contributed by atoms with van der Waals surface area (Å²) in [6.45, 7) is 2.50. The monoisotopic (exact) mass is 352 g/mol. The maximum atomic E-state index is 12.5. The van der Waals surface area contributed by atoms with E-state index in [0.29, 0.717) is 12.3 Å². The molecule has 0 aliphatic rings. The summed E-state index contributed by atoms with van der Waals surface area (Å²) in [5, 5.41) is 3.92. The molecule has 0 spiro atoms. The number of aryl methyl sites for hydroxylation is 1. The van der Waals surface area contributed by atoms with Crippen molar-refractivity contribution in [3.05, 3.63) is 65.4 Å². The predicted octanol–water partition coefficient (Wildman–Crippen LogP) is 3.78. The van der Waals surface area contributed by atoms with E-state index in [-0.39, 0.29) is 11.9 Å². The molecule has 1 atom stereocenters. The summed E-state index contributed by atoms with van der Waals surface area (Å²) in [6.07, 6.45) is 0. The molecule has 136 valence electrons. The lowest BCUT2D eigenvalue weighted by Gasteiger charge is -2.25. The van der Waals surface area contributed by atoms with Gasteiger partial charge in [-0.3, -0.25) is 4.79 Å². The largest absolute Gasteiger partial charge is 0.497 e. The Kier molecular flexibility index (Phi) is 5.28. The van der Waals surface area contributed by atoms with Gasteiger partial charge in [0, 0.05) is 11.9 Å². The number of likely N-dealkylation sites (N-methyl/N-ethyl adjacent to an activating group) is 1. The lowest BCUT2D eigenvalue weighted by atomic mass is 10.1. The lowest BCUT2D eigenvalue weighted by molar-refractivity contribution is 0.0916. The van der Waals surface area contributed by atoms with Crippen LogP contribution in [0.3, 0.4) is 0 Å². The minimum absolute atomic E-state index is 0.0523. The van der Waals surface area contributed by atoms with Crippen LogP contribution in [0, 0.1) is 6.92 Å². The number of methoxy groups -OCH3 is 1. The number of hydrogen-bond donors (Lipinski definition) is 1. The smallest absolute Gasteiger partial charge is 0.287 e. The van der Waals surface area contributed by atoms with Crippen molar-refractivity contribution in [2.24, 2.45) is 0 Å². The van der Waals surface area contributed by atoms with E-state index in [1.165, 1.54) is 0 Å². The Hall–Kier alpha value is -2.79. The number of nitrogens with one attached hydrogen (secondary N) is 1. The van der Waals surface area contributed by atoms with Crippen LogP contribution in [-0.4, -0.2) is 38.6 Å². The van der Waals surface area contributed by atoms with E-state index in [9.17, 15) is 4.79 Å². The maximum absolute atomic E-state index is 12.5. The van der Waals surface area contributed by atoms with E-state index in [1.807, 2.05) is 63.5 Å². The summed E-state index contributed by atoms with van der Waals surface area (Å²) < 4.78 is 10.9. The number of furan rings is 1. The average Bonchev–Trinajstić information content (AvgIpc) is 3.05. The molecule has 0 saturated heterocycles. The van der Waals surface area contributed by atoms with E-state index < -0.39 is 0 Å². The van der Waals surface area contributed by atoms with Gasteiger partial charge in [0.25, 0.3) is 5.91 Å². The molecule has 3 rings (SSSR count). The number of carbonyl (C=O) groups excluding carboxylic acids is 1. The third-order valence-electron chi connectivity index (χ3n) is 4.48. The number of amides is 1. The predicted molar refractivity (Wildman–Crippen MR) is 103 cm³/mol. The first-order chi connectivity index (χ1) is 12.5. The summed E-state index contributed by atoms with van der Waals surface area (Å²) in [6, 6.07) is 15.6. The highest BCUT2D eigenvalue weighted by Gasteiger charge is 2.18. The Balaban J connectivity index is 1.72. The lowest BCUT2D eigenvalue weighted by Crippen LogP contribution is -2.34. The Labute approximate surface area is 153 Å². The van der Waals surface area contributed by atoms with Crippen LogP contribution in [0.15, 0.2) is 52.9 Å². The first-order valence-electron chi connectivity index (χ1n) is 8.56. The van der Waals surface area contributed by atoms with Crippen molar-refractivity contribution < 1.29 is 13.9 Å². The molecular formula is C21H24N2O3. The summed E-state index contributed by atoms with van der Waals surface area (Å²) in [4.78, 5) is 14.6. The van der Waals surface area contributed by atoms with Gasteiger partial charge in [-0.15, -0.1) is 0 Å². The number of nitrogens with zero attached hydrogens (tertiary/aromatic N) is 1. The molecule has 0 aliphatic carbocycles. The summed E-state index contributed by atoms with van der Waals surface area (Å²) in [7, 11) is 5.63. The van der Waals surface area contributed by atoms with Gasteiger partial charge < -0.3 is 19.4 Å². The highest BCUT2D eigenvalue weighted by Crippen LogP contribution is 2.22. The van der Waals surface area contributed by atoms with Crippen molar-refractivity contribution in [3.63, 3.8) is 0 Å². The average molecular weight is 352 g/mol. The zero-order valence-corrected chi connectivity index (χ0v) is 15.6. The van der Waals surface area contributed by atoms with E-state index >= 15 is 0 Å². The second kappa shape index (κ2) is 7.62. The van der Waals surface area contributed by atoms with Gasteiger partial charge in [-0.2, -0.15) is 0 Å². The molecule has 3 aromatic rings. The van der Waals surface area contributed by atoms with Crippen LogP contribution in [0.25, 0.3) is 11.0 Å². The molecule has 1 aromatic heterocycles. The van der Waals surface area contributed by atoms with Crippen LogP contribution in [0.5, 0.6) is 5.75 Å². The molecule has 2 aromatic carbocycles. The van der Waals surface area contributed by atoms with Crippen molar-refractivity contribution in [1.82, 2.24) is 10.2 Å². The SMILES string of the molecule is COc1ccc(C(CNC(=O)c2cc3cc(C)ccc3o2)N(C)C)cc1. The molecule has 0 aliphatic heterocycles. The van der Waals surface area contributed by atoms with E-state index in [0.717, 1.165) is 27.8 Å². The standard InChI is InChI=1S/C21H24N2O3/c1-14-5-10-19-16(11-14)12-20(26-19)21(24)22-13-18(23(2)3)15-6-8-17(25-4)9-7-15/h5-12,18H,13H2,1-4H3,(H,22,24). The molecular weight excluding hydrogens is 328 g/mol. The van der Waals surface area contributed by atoms with Crippen LogP contribution < -0.4 is 10.1 Å². The third kappa shape index (κ3) is 3.89. The van der Waals surface area contributed by atoms with Crippen molar-refractivity contribution in [3.8, 4) is 5.75 Å². The van der Waals surface area contributed by atoms with Gasteiger partial charge in [0.05, 0.1) is 13.2 Å². The highest BCUT2D eigenvalue weighted by atomic mass is 16.5. The van der Waals surface area contributed by atoms with Crippen LogP contribution in [0.1, 0.15) is 27.7 Å². The Morgan fingerprint density at radius 3 is 2.54 bits per heavy atom. The molecule has 1 unspecified atom stereocenters. The van der Waals surface area contributed by atoms with Gasteiger partial charge in [-0.25, -0.2) is 0 Å². The Morgan fingerprint density at radius 1 is 1.15 bits per heavy atom. The van der Waals surface area contributed by atoms with Crippen LogP contribution >= 0.6 is 0 Å². The van der Waals surface area contributed by atoms with E-state index in [2.05, 4.69) is 10.2 Å². The second-order valence-electron chi connectivity index (χ2n) is 6.61. The number of fused-ring (bicyclic) bond motifs is 1. The number of rotatable bonds is 6. The third-order valence-corrected chi connectivity index (χ3v) is 4.48. The fourth-order valence-corrected chi connectivity index (χ4v) is 2.98. The Bertz CT molecular complexity index is 897. The fourth-order valence-electron chi connectivity index (χ4n) is 2.98. The van der Waals surface area contributed by atoms with Crippen molar-refractivity contribution in [2.75, 3.05) is 27.7 Å². The minimum atomic E-state index is -0.209. The zero-order chi connectivity index (χ0) is 18.7. The van der Waals surface area contributed by atoms with Gasteiger partial charge in [0.2, 0.25) is 0 Å². The van der Waals surface area contributed by atoms with E-state index in [1.54, 1.807) is 13.2 Å². The van der Waals surface area contributed by atoms with Gasteiger partial charge in [-0.05, 0) is 56.9 Å². The van der Waals surface area contributed by atoms with Crippen LogP contribution in [0.2, 0.25) is 0 Å². The summed E-state index contributed by atoms with van der Waals surface area (Å²) in [5.41, 5.74) is 2.97. The summed E-state index contributed by atoms with van der Waals surface area (Å²) >= 11 is 0. The van der Waals surface area contributed by atoms with Gasteiger partial charge >= 0.3 is 0 Å². The molecule has 1 heterocycles. The van der Waals surface area contributed by atoms with Gasteiger partial charge in [0.1, 0.15) is 11.3 Å². The Morgan fingerprint density at radius 2 is 1.88 bits per heavy atom. The van der Waals surface area contributed by atoms with E-state index in [4.69, 9.17) is 9.15 Å². The van der Waals surface area contributed by atoms with Crippen molar-refractivity contribution >= 4 is 16.9 Å². The molecule has 0 bridgehead atoms. The number of ether oxygens (including phenoxy) is 1. The molecule has 0 saturated carbocycles. The molecule has 0 radical (unpaired) electrons. The first kappa shape index (κ1) is 18.0. The van der Waals surface area contributed by atoms with Crippen LogP contribution in [-0.2, 0) is 0 Å². The molecule has 0 fully saturated rings. The summed E-state index contributed by atoms with van der Waals surface area (Å²) in [5.74, 6) is 0.935. The highest BCUT2D eigenvalue weighted by molar-refractivity contribution is 5.96. The zero-order valence-electron chi connectivity index (χ0n) is 15.6. The van der Waals surface area contributed by atoms with Gasteiger partial charge in [-0.1, -0.05) is 23.8 Å². The van der Waals surface area contributed by atoms with Crippen molar-refractivity contribution in [2.45, 2.75) is 13.0 Å². The van der Waals surface area contributed by atoms with Crippen molar-refractivity contribution in [1.29, 1.82) is 0 Å².